The predicted octanol–water partition coefficient (Wildman–Crippen LogP) is 1.91. The van der Waals surface area contributed by atoms with Crippen molar-refractivity contribution < 1.29 is 9.90 Å². The van der Waals surface area contributed by atoms with Crippen molar-refractivity contribution in [3.63, 3.8) is 0 Å². The summed E-state index contributed by atoms with van der Waals surface area (Å²) >= 11 is 0. The topological polar surface area (TPSA) is 62.2 Å². The van der Waals surface area contributed by atoms with Crippen molar-refractivity contribution in [3.05, 3.63) is 36.2 Å². The van der Waals surface area contributed by atoms with E-state index in [0.29, 0.717) is 6.04 Å². The van der Waals surface area contributed by atoms with E-state index < -0.39 is 5.97 Å². The molecule has 4 nitrogen and oxygen atoms in total. The highest BCUT2D eigenvalue weighted by molar-refractivity contribution is 5.85. The zero-order chi connectivity index (χ0) is 10.7. The van der Waals surface area contributed by atoms with Gasteiger partial charge in [-0.3, -0.25) is 0 Å². The fraction of sp³-hybridized carbons (Fsp3) is 0.273. The number of hydrogen-bond donors (Lipinski definition) is 2. The highest BCUT2D eigenvalue weighted by Crippen LogP contribution is 2.16. The van der Waals surface area contributed by atoms with Gasteiger partial charge < -0.3 is 10.4 Å². The molecule has 0 aliphatic heterocycles. The standard InChI is InChI=1S/C11H12N2O2/c14-11(15)10-6-5-9(7-12-10)13-8-3-1-2-4-8/h1-2,5-8,13H,3-4H2,(H,14,15). The minimum absolute atomic E-state index is 0.0742. The number of carboxylic acid groups (broad SMARTS) is 1. The molecular weight excluding hydrogens is 192 g/mol. The van der Waals surface area contributed by atoms with Gasteiger partial charge in [0.25, 0.3) is 0 Å². The van der Waals surface area contributed by atoms with E-state index >= 15 is 0 Å². The third-order valence-electron chi connectivity index (χ3n) is 2.36. The summed E-state index contributed by atoms with van der Waals surface area (Å²) < 4.78 is 0. The lowest BCUT2D eigenvalue weighted by Crippen LogP contribution is -2.15. The molecule has 0 amide bonds. The molecule has 1 heterocycles. The van der Waals surface area contributed by atoms with E-state index in [1.54, 1.807) is 12.3 Å². The van der Waals surface area contributed by atoms with Crippen LogP contribution in [0.5, 0.6) is 0 Å². The Labute approximate surface area is 87.7 Å². The Kier molecular flexibility index (Phi) is 2.67. The molecule has 2 rings (SSSR count). The third-order valence-corrected chi connectivity index (χ3v) is 2.36. The van der Waals surface area contributed by atoms with Crippen molar-refractivity contribution >= 4 is 11.7 Å². The van der Waals surface area contributed by atoms with Crippen LogP contribution in [0.25, 0.3) is 0 Å². The van der Waals surface area contributed by atoms with Gasteiger partial charge in [-0.25, -0.2) is 9.78 Å². The van der Waals surface area contributed by atoms with Gasteiger partial charge in [0.1, 0.15) is 5.69 Å². The first kappa shape index (κ1) is 9.71. The maximum absolute atomic E-state index is 10.6. The summed E-state index contributed by atoms with van der Waals surface area (Å²) in [6.45, 7) is 0. The SMILES string of the molecule is O=C(O)c1ccc(NC2CC=CC2)cn1. The van der Waals surface area contributed by atoms with Crippen LogP contribution in [0.3, 0.4) is 0 Å². The molecule has 1 aliphatic carbocycles. The monoisotopic (exact) mass is 204 g/mol. The fourth-order valence-corrected chi connectivity index (χ4v) is 1.58. The average molecular weight is 204 g/mol. The molecule has 0 unspecified atom stereocenters. The van der Waals surface area contributed by atoms with Crippen LogP contribution in [-0.4, -0.2) is 22.1 Å². The summed E-state index contributed by atoms with van der Waals surface area (Å²) in [6.07, 6.45) is 7.86. The largest absolute Gasteiger partial charge is 0.477 e. The van der Waals surface area contributed by atoms with Gasteiger partial charge in [0.15, 0.2) is 0 Å². The molecule has 15 heavy (non-hydrogen) atoms. The van der Waals surface area contributed by atoms with Crippen molar-refractivity contribution in [3.8, 4) is 0 Å². The van der Waals surface area contributed by atoms with Crippen LogP contribution in [0, 0.1) is 0 Å². The highest BCUT2D eigenvalue weighted by Gasteiger charge is 2.10. The highest BCUT2D eigenvalue weighted by atomic mass is 16.4. The first-order valence-electron chi connectivity index (χ1n) is 4.86. The van der Waals surface area contributed by atoms with Crippen LogP contribution in [0.2, 0.25) is 0 Å². The van der Waals surface area contributed by atoms with Gasteiger partial charge in [-0.1, -0.05) is 12.2 Å². The van der Waals surface area contributed by atoms with Gasteiger partial charge in [-0.2, -0.15) is 0 Å². The van der Waals surface area contributed by atoms with E-state index in [0.717, 1.165) is 18.5 Å². The molecule has 0 fully saturated rings. The number of anilines is 1. The molecule has 0 aromatic carbocycles. The molecule has 2 N–H and O–H groups in total. The summed E-state index contributed by atoms with van der Waals surface area (Å²) in [7, 11) is 0. The molecule has 78 valence electrons. The molecule has 4 heteroatoms. The van der Waals surface area contributed by atoms with Crippen molar-refractivity contribution in [2.75, 3.05) is 5.32 Å². The van der Waals surface area contributed by atoms with Gasteiger partial charge in [-0.15, -0.1) is 0 Å². The second-order valence-electron chi connectivity index (χ2n) is 3.52. The van der Waals surface area contributed by atoms with Crippen LogP contribution < -0.4 is 5.32 Å². The van der Waals surface area contributed by atoms with E-state index in [4.69, 9.17) is 5.11 Å². The minimum atomic E-state index is -0.996. The van der Waals surface area contributed by atoms with Gasteiger partial charge in [0.05, 0.1) is 11.9 Å². The van der Waals surface area contributed by atoms with Crippen molar-refractivity contribution in [2.45, 2.75) is 18.9 Å². The third kappa shape index (κ3) is 2.34. The molecule has 0 radical (unpaired) electrons. The van der Waals surface area contributed by atoms with Crippen LogP contribution in [0.4, 0.5) is 5.69 Å². The number of carbonyl (C=O) groups is 1. The maximum atomic E-state index is 10.6. The van der Waals surface area contributed by atoms with Crippen LogP contribution in [0.15, 0.2) is 30.5 Å². The first-order chi connectivity index (χ1) is 7.25. The molecule has 1 aromatic heterocycles. The minimum Gasteiger partial charge on any atom is -0.477 e. The summed E-state index contributed by atoms with van der Waals surface area (Å²) in [6, 6.07) is 3.67. The normalized spacial score (nSPS) is 15.5. The number of nitrogens with zero attached hydrogens (tertiary/aromatic N) is 1. The Balaban J connectivity index is 2.00. The lowest BCUT2D eigenvalue weighted by Gasteiger charge is -2.12. The van der Waals surface area contributed by atoms with E-state index in [9.17, 15) is 4.79 Å². The van der Waals surface area contributed by atoms with Gasteiger partial charge >= 0.3 is 5.97 Å². The van der Waals surface area contributed by atoms with Gasteiger partial charge in [0.2, 0.25) is 0 Å². The molecule has 0 saturated carbocycles. The molecule has 0 saturated heterocycles. The van der Waals surface area contributed by atoms with Gasteiger partial charge in [-0.05, 0) is 25.0 Å². The maximum Gasteiger partial charge on any atom is 0.354 e. The van der Waals surface area contributed by atoms with Crippen molar-refractivity contribution in [1.29, 1.82) is 0 Å². The number of rotatable bonds is 3. The Hall–Kier alpha value is -1.84. The van der Waals surface area contributed by atoms with Crippen molar-refractivity contribution in [1.82, 2.24) is 4.98 Å². The van der Waals surface area contributed by atoms with E-state index in [1.165, 1.54) is 6.07 Å². The Bertz CT molecular complexity index is 376. The summed E-state index contributed by atoms with van der Waals surface area (Å²) in [5.74, 6) is -0.996. The zero-order valence-electron chi connectivity index (χ0n) is 8.18. The molecule has 0 atom stereocenters. The number of aromatic nitrogens is 1. The lowest BCUT2D eigenvalue weighted by atomic mass is 10.2. The quantitative estimate of drug-likeness (QED) is 0.738. The molecule has 1 aliphatic rings. The Morgan fingerprint density at radius 2 is 2.13 bits per heavy atom. The number of nitrogens with one attached hydrogen (secondary N) is 1. The molecule has 0 bridgehead atoms. The van der Waals surface area contributed by atoms with Crippen LogP contribution in [0.1, 0.15) is 23.3 Å². The van der Waals surface area contributed by atoms with E-state index in [1.807, 2.05) is 0 Å². The second kappa shape index (κ2) is 4.13. The van der Waals surface area contributed by atoms with E-state index in [-0.39, 0.29) is 5.69 Å². The van der Waals surface area contributed by atoms with Crippen LogP contribution in [-0.2, 0) is 0 Å². The number of carboxylic acids is 1. The van der Waals surface area contributed by atoms with Crippen molar-refractivity contribution in [2.24, 2.45) is 0 Å². The lowest BCUT2D eigenvalue weighted by molar-refractivity contribution is 0.0690. The van der Waals surface area contributed by atoms with Crippen LogP contribution >= 0.6 is 0 Å². The summed E-state index contributed by atoms with van der Waals surface area (Å²) in [5, 5.41) is 12.0. The Morgan fingerprint density at radius 1 is 1.40 bits per heavy atom. The predicted molar refractivity (Wildman–Crippen MR) is 57.0 cm³/mol. The Morgan fingerprint density at radius 3 is 2.67 bits per heavy atom. The molecular formula is C11H12N2O2. The molecule has 0 spiro atoms. The molecule has 1 aromatic rings. The summed E-state index contributed by atoms with van der Waals surface area (Å²) in [5.41, 5.74) is 0.943. The summed E-state index contributed by atoms with van der Waals surface area (Å²) in [4.78, 5) is 14.4. The first-order valence-corrected chi connectivity index (χ1v) is 4.86. The zero-order valence-corrected chi connectivity index (χ0v) is 8.18. The number of aromatic carboxylic acids is 1. The van der Waals surface area contributed by atoms with Gasteiger partial charge in [0, 0.05) is 6.04 Å². The fourth-order valence-electron chi connectivity index (χ4n) is 1.58. The second-order valence-corrected chi connectivity index (χ2v) is 3.52. The number of hydrogen-bond acceptors (Lipinski definition) is 3. The van der Waals surface area contributed by atoms with E-state index in [2.05, 4.69) is 22.5 Å². The average Bonchev–Trinajstić information content (AvgIpc) is 2.71. The number of pyridine rings is 1. The smallest absolute Gasteiger partial charge is 0.354 e.